The second-order valence-electron chi connectivity index (χ2n) is 5.45. The Morgan fingerprint density at radius 1 is 1.07 bits per heavy atom. The molecule has 3 aromatic rings. The topological polar surface area (TPSA) is 71.3 Å². The van der Waals surface area contributed by atoms with Gasteiger partial charge < -0.3 is 9.73 Å². The van der Waals surface area contributed by atoms with E-state index in [0.717, 1.165) is 5.39 Å². The van der Waals surface area contributed by atoms with Gasteiger partial charge in [-0.25, -0.2) is 4.79 Å². The summed E-state index contributed by atoms with van der Waals surface area (Å²) >= 11 is 17.0. The average Bonchev–Trinajstić information content (AvgIpc) is 2.61. The molecule has 0 atom stereocenters. The minimum absolute atomic E-state index is 0.128. The smallest absolute Gasteiger partial charge is 0.336 e. The van der Waals surface area contributed by atoms with Gasteiger partial charge in [0.15, 0.2) is 5.11 Å². The number of thiocarbonyl (C=S) groups is 1. The molecule has 3 rings (SSSR count). The quantitative estimate of drug-likeness (QED) is 0.368. The maximum atomic E-state index is 12.0. The van der Waals surface area contributed by atoms with Gasteiger partial charge >= 0.3 is 5.63 Å². The number of amides is 1. The van der Waals surface area contributed by atoms with E-state index in [1.165, 1.54) is 12.1 Å². The van der Waals surface area contributed by atoms with Crippen LogP contribution in [0.15, 0.2) is 63.8 Å². The molecule has 1 amide bonds. The lowest BCUT2D eigenvalue weighted by molar-refractivity contribution is -0.115. The maximum absolute atomic E-state index is 12.0. The molecule has 136 valence electrons. The van der Waals surface area contributed by atoms with Crippen molar-refractivity contribution in [2.45, 2.75) is 0 Å². The SMILES string of the molecule is O=C(C=Cc1ccc(Cl)cc1Cl)NC(=S)Nc1ccc2oc(=O)ccc2c1. The van der Waals surface area contributed by atoms with Crippen molar-refractivity contribution < 1.29 is 9.21 Å². The molecule has 0 saturated carbocycles. The zero-order chi connectivity index (χ0) is 19.4. The van der Waals surface area contributed by atoms with E-state index in [2.05, 4.69) is 10.6 Å². The monoisotopic (exact) mass is 418 g/mol. The molecule has 0 saturated heterocycles. The number of benzene rings is 2. The lowest BCUT2D eigenvalue weighted by Gasteiger charge is -2.08. The Bertz CT molecular complexity index is 1130. The number of carbonyl (C=O) groups is 1. The first-order valence-electron chi connectivity index (χ1n) is 7.70. The predicted octanol–water partition coefficient (Wildman–Crippen LogP) is 4.63. The highest BCUT2D eigenvalue weighted by atomic mass is 35.5. The molecule has 0 bridgehead atoms. The van der Waals surface area contributed by atoms with Crippen molar-refractivity contribution in [3.05, 3.63) is 80.6 Å². The van der Waals surface area contributed by atoms with Gasteiger partial charge in [-0.3, -0.25) is 10.1 Å². The summed E-state index contributed by atoms with van der Waals surface area (Å²) < 4.78 is 5.06. The predicted molar refractivity (Wildman–Crippen MR) is 112 cm³/mol. The van der Waals surface area contributed by atoms with Crippen molar-refractivity contribution in [1.29, 1.82) is 0 Å². The zero-order valence-electron chi connectivity index (χ0n) is 13.7. The Morgan fingerprint density at radius 3 is 2.67 bits per heavy atom. The minimum atomic E-state index is -0.418. The zero-order valence-corrected chi connectivity index (χ0v) is 16.0. The molecule has 27 heavy (non-hydrogen) atoms. The van der Waals surface area contributed by atoms with E-state index >= 15 is 0 Å². The normalized spacial score (nSPS) is 10.9. The highest BCUT2D eigenvalue weighted by Gasteiger charge is 2.05. The second kappa shape index (κ2) is 8.35. The summed E-state index contributed by atoms with van der Waals surface area (Å²) in [7, 11) is 0. The van der Waals surface area contributed by atoms with E-state index in [1.807, 2.05) is 0 Å². The van der Waals surface area contributed by atoms with Crippen LogP contribution in [0, 0.1) is 0 Å². The van der Waals surface area contributed by atoms with Gasteiger partial charge in [0.25, 0.3) is 0 Å². The van der Waals surface area contributed by atoms with Gasteiger partial charge in [-0.15, -0.1) is 0 Å². The summed E-state index contributed by atoms with van der Waals surface area (Å²) in [6.07, 6.45) is 2.88. The summed E-state index contributed by atoms with van der Waals surface area (Å²) in [6, 6.07) is 13.0. The maximum Gasteiger partial charge on any atom is 0.336 e. The van der Waals surface area contributed by atoms with E-state index in [1.54, 1.807) is 48.5 Å². The Balaban J connectivity index is 1.63. The fourth-order valence-electron chi connectivity index (χ4n) is 2.27. The van der Waals surface area contributed by atoms with Crippen LogP contribution in [0.3, 0.4) is 0 Å². The van der Waals surface area contributed by atoms with Crippen LogP contribution >= 0.6 is 35.4 Å². The number of halogens is 2. The van der Waals surface area contributed by atoms with Crippen LogP contribution in [0.1, 0.15) is 5.56 Å². The van der Waals surface area contributed by atoms with Crippen LogP contribution in [0.2, 0.25) is 10.0 Å². The lowest BCUT2D eigenvalue weighted by atomic mass is 10.2. The summed E-state index contributed by atoms with van der Waals surface area (Å²) in [4.78, 5) is 23.2. The first kappa shape index (κ1) is 19.1. The number of hydrogen-bond donors (Lipinski definition) is 2. The lowest BCUT2D eigenvalue weighted by Crippen LogP contribution is -2.32. The summed E-state index contributed by atoms with van der Waals surface area (Å²) in [5.41, 5.74) is 1.35. The van der Waals surface area contributed by atoms with E-state index in [4.69, 9.17) is 39.8 Å². The van der Waals surface area contributed by atoms with Crippen LogP contribution in [-0.4, -0.2) is 11.0 Å². The minimum Gasteiger partial charge on any atom is -0.423 e. The molecule has 0 spiro atoms. The van der Waals surface area contributed by atoms with E-state index in [0.29, 0.717) is 26.9 Å². The second-order valence-corrected chi connectivity index (χ2v) is 6.70. The van der Waals surface area contributed by atoms with Gasteiger partial charge in [0.05, 0.1) is 0 Å². The third kappa shape index (κ3) is 5.17. The summed E-state index contributed by atoms with van der Waals surface area (Å²) in [6.45, 7) is 0. The van der Waals surface area contributed by atoms with E-state index < -0.39 is 11.5 Å². The fraction of sp³-hybridized carbons (Fsp3) is 0. The van der Waals surface area contributed by atoms with Crippen molar-refractivity contribution in [3.8, 4) is 0 Å². The highest BCUT2D eigenvalue weighted by molar-refractivity contribution is 7.80. The number of fused-ring (bicyclic) bond motifs is 1. The Kier molecular flexibility index (Phi) is 5.91. The van der Waals surface area contributed by atoms with Crippen molar-refractivity contribution in [2.75, 3.05) is 5.32 Å². The van der Waals surface area contributed by atoms with Crippen LogP contribution in [0.5, 0.6) is 0 Å². The molecular formula is C19H12Cl2N2O3S. The van der Waals surface area contributed by atoms with Crippen molar-refractivity contribution >= 4 is 69.2 Å². The molecule has 0 aliphatic heterocycles. The van der Waals surface area contributed by atoms with E-state index in [-0.39, 0.29) is 5.11 Å². The Labute approximate surface area is 169 Å². The van der Waals surface area contributed by atoms with Crippen LogP contribution in [0.25, 0.3) is 17.0 Å². The number of nitrogens with one attached hydrogen (secondary N) is 2. The number of rotatable bonds is 3. The Hall–Kier alpha value is -2.67. The van der Waals surface area contributed by atoms with E-state index in [9.17, 15) is 9.59 Å². The molecule has 0 radical (unpaired) electrons. The summed E-state index contributed by atoms with van der Waals surface area (Å²) in [5, 5.41) is 7.25. The van der Waals surface area contributed by atoms with Crippen LogP contribution in [-0.2, 0) is 4.79 Å². The van der Waals surface area contributed by atoms with Crippen molar-refractivity contribution in [3.63, 3.8) is 0 Å². The van der Waals surface area contributed by atoms with Crippen molar-refractivity contribution in [2.24, 2.45) is 0 Å². The molecule has 2 N–H and O–H groups in total. The van der Waals surface area contributed by atoms with Gasteiger partial charge in [-0.1, -0.05) is 29.3 Å². The average molecular weight is 419 g/mol. The molecule has 0 aliphatic rings. The molecular weight excluding hydrogens is 407 g/mol. The molecule has 2 aromatic carbocycles. The van der Waals surface area contributed by atoms with Crippen molar-refractivity contribution in [1.82, 2.24) is 5.32 Å². The standard InChI is InChI=1S/C19H12Cl2N2O3S/c20-13-4-1-11(15(21)10-13)2-7-17(24)23-19(27)22-14-5-6-16-12(9-14)3-8-18(25)26-16/h1-10H,(H2,22,23,24,27). The van der Waals surface area contributed by atoms with Gasteiger partial charge in [0.1, 0.15) is 5.58 Å². The molecule has 1 aromatic heterocycles. The molecule has 5 nitrogen and oxygen atoms in total. The van der Waals surface area contributed by atoms with Crippen LogP contribution in [0.4, 0.5) is 5.69 Å². The molecule has 0 unspecified atom stereocenters. The molecule has 0 fully saturated rings. The molecule has 8 heteroatoms. The third-order valence-corrected chi connectivity index (χ3v) is 4.26. The van der Waals surface area contributed by atoms with Gasteiger partial charge in [0.2, 0.25) is 5.91 Å². The first-order valence-corrected chi connectivity index (χ1v) is 8.86. The largest absolute Gasteiger partial charge is 0.423 e. The number of hydrogen-bond acceptors (Lipinski definition) is 4. The fourth-order valence-corrected chi connectivity index (χ4v) is 2.96. The number of anilines is 1. The molecule has 1 heterocycles. The number of carbonyl (C=O) groups excluding carboxylic acids is 1. The van der Waals surface area contributed by atoms with Gasteiger partial charge in [0, 0.05) is 33.3 Å². The van der Waals surface area contributed by atoms with Crippen LogP contribution < -0.4 is 16.3 Å². The molecule has 0 aliphatic carbocycles. The van der Waals surface area contributed by atoms with Gasteiger partial charge in [-0.2, -0.15) is 0 Å². The Morgan fingerprint density at radius 2 is 1.89 bits per heavy atom. The van der Waals surface area contributed by atoms with Gasteiger partial charge in [-0.05, 0) is 60.3 Å². The highest BCUT2D eigenvalue weighted by Crippen LogP contribution is 2.22. The third-order valence-electron chi connectivity index (χ3n) is 3.49. The first-order chi connectivity index (χ1) is 12.9. The summed E-state index contributed by atoms with van der Waals surface area (Å²) in [5.74, 6) is -0.412.